The van der Waals surface area contributed by atoms with Crippen LogP contribution in [-0.2, 0) is 11.0 Å². The maximum atomic E-state index is 12.8. The quantitative estimate of drug-likeness (QED) is 0.858. The van der Waals surface area contributed by atoms with Crippen LogP contribution >= 0.6 is 0 Å². The Morgan fingerprint density at radius 1 is 1.04 bits per heavy atom. The molecule has 3 rings (SSSR count). The molecule has 0 N–H and O–H groups in total. The molecule has 0 aromatic heterocycles. The highest BCUT2D eigenvalue weighted by molar-refractivity contribution is 7.86. The molecule has 0 bridgehead atoms. The van der Waals surface area contributed by atoms with Gasteiger partial charge in [0.25, 0.3) is 0 Å². The van der Waals surface area contributed by atoms with E-state index in [1.54, 1.807) is 41.7 Å². The molecule has 1 atom stereocenters. The van der Waals surface area contributed by atoms with Crippen molar-refractivity contribution in [3.05, 3.63) is 54.1 Å². The van der Waals surface area contributed by atoms with Crippen molar-refractivity contribution >= 4 is 22.5 Å². The topological polar surface area (TPSA) is 46.6 Å². The highest BCUT2D eigenvalue weighted by Gasteiger charge is 2.26. The zero-order valence-corrected chi connectivity index (χ0v) is 14.4. The Balaban J connectivity index is 0.000000924. The van der Waals surface area contributed by atoms with E-state index < -0.39 is 11.0 Å². The number of carbonyl (C=O) groups is 1. The second kappa shape index (κ2) is 7.92. The Kier molecular flexibility index (Phi) is 5.93. The minimum atomic E-state index is -1.33. The Morgan fingerprint density at radius 3 is 2.35 bits per heavy atom. The summed E-state index contributed by atoms with van der Waals surface area (Å²) in [5.74, 6) is 0.832. The predicted molar refractivity (Wildman–Crippen MR) is 93.5 cm³/mol. The van der Waals surface area contributed by atoms with Crippen LogP contribution in [0.5, 0.6) is 5.75 Å². The van der Waals surface area contributed by atoms with Crippen LogP contribution < -0.4 is 9.04 Å². The van der Waals surface area contributed by atoms with Crippen LogP contribution in [0.15, 0.2) is 53.4 Å². The largest absolute Gasteiger partial charge is 0.497 e. The Hall–Kier alpha value is -2.14. The molecule has 0 fully saturated rings. The van der Waals surface area contributed by atoms with Crippen molar-refractivity contribution in [2.45, 2.75) is 25.2 Å². The molecule has 5 heteroatoms. The average molecular weight is 331 g/mol. The monoisotopic (exact) mass is 331 g/mol. The molecule has 2 aromatic rings. The number of Topliss-reactive ketones (excluding diaryl/α,β-unsaturated/α-hetero) is 1. The number of benzene rings is 2. The molecule has 4 nitrogen and oxygen atoms in total. The molecule has 0 saturated carbocycles. The number of para-hydroxylation sites is 1. The van der Waals surface area contributed by atoms with Gasteiger partial charge in [0.2, 0.25) is 0 Å². The molecule has 0 aliphatic carbocycles. The minimum absolute atomic E-state index is 0.105. The van der Waals surface area contributed by atoms with Gasteiger partial charge in [-0.3, -0.25) is 9.10 Å². The van der Waals surface area contributed by atoms with E-state index in [2.05, 4.69) is 0 Å². The predicted octanol–water partition coefficient (Wildman–Crippen LogP) is 3.84. The zero-order valence-electron chi connectivity index (χ0n) is 13.6. The number of hydrogen-bond acceptors (Lipinski definition) is 3. The minimum Gasteiger partial charge on any atom is -0.497 e. The first kappa shape index (κ1) is 17.2. The van der Waals surface area contributed by atoms with Crippen molar-refractivity contribution in [3.8, 4) is 5.75 Å². The molecule has 1 aliphatic rings. The van der Waals surface area contributed by atoms with E-state index in [0.717, 1.165) is 11.4 Å². The maximum absolute atomic E-state index is 12.8. The number of rotatable bonds is 3. The standard InChI is InChI=1S/C16H15NO3S.C2H6/c1-20-12-6-8-13(9-7-12)21(19)17-11-10-16(18)14-4-2-3-5-15(14)17;1-2/h2-9H,10-11H2,1H3;1-2H3. The van der Waals surface area contributed by atoms with Crippen LogP contribution in [0.2, 0.25) is 0 Å². The summed E-state index contributed by atoms with van der Waals surface area (Å²) in [7, 11) is 0.265. The summed E-state index contributed by atoms with van der Waals surface area (Å²) < 4.78 is 19.6. The number of fused-ring (bicyclic) bond motifs is 1. The number of nitrogens with zero attached hydrogens (tertiary/aromatic N) is 1. The first-order valence-electron chi connectivity index (χ1n) is 7.66. The lowest BCUT2D eigenvalue weighted by atomic mass is 10.0. The number of ether oxygens (including phenoxy) is 1. The van der Waals surface area contributed by atoms with E-state index in [9.17, 15) is 9.00 Å². The van der Waals surface area contributed by atoms with E-state index >= 15 is 0 Å². The van der Waals surface area contributed by atoms with Crippen molar-refractivity contribution in [1.82, 2.24) is 0 Å². The normalized spacial score (nSPS) is 14.4. The summed E-state index contributed by atoms with van der Waals surface area (Å²) in [4.78, 5) is 12.6. The van der Waals surface area contributed by atoms with Crippen LogP contribution in [0.25, 0.3) is 0 Å². The van der Waals surface area contributed by atoms with Crippen molar-refractivity contribution in [2.75, 3.05) is 18.0 Å². The third-order valence-electron chi connectivity index (χ3n) is 3.48. The van der Waals surface area contributed by atoms with Gasteiger partial charge >= 0.3 is 0 Å². The summed E-state index contributed by atoms with van der Waals surface area (Å²) in [6, 6.07) is 14.5. The van der Waals surface area contributed by atoms with Gasteiger partial charge in [0.1, 0.15) is 5.75 Å². The average Bonchev–Trinajstić information content (AvgIpc) is 2.63. The Bertz CT molecular complexity index is 698. The molecule has 0 spiro atoms. The molecule has 122 valence electrons. The summed E-state index contributed by atoms with van der Waals surface area (Å²) in [5.41, 5.74) is 1.38. The van der Waals surface area contributed by atoms with Gasteiger partial charge in [-0.15, -0.1) is 0 Å². The first-order chi connectivity index (χ1) is 11.2. The molecule has 1 aliphatic heterocycles. The third kappa shape index (κ3) is 3.62. The van der Waals surface area contributed by atoms with E-state index in [0.29, 0.717) is 23.4 Å². The molecule has 0 radical (unpaired) electrons. The van der Waals surface area contributed by atoms with Gasteiger partial charge in [-0.25, -0.2) is 4.21 Å². The van der Waals surface area contributed by atoms with E-state index in [1.165, 1.54) is 0 Å². The summed E-state index contributed by atoms with van der Waals surface area (Å²) in [5, 5.41) is 0. The van der Waals surface area contributed by atoms with Gasteiger partial charge < -0.3 is 4.74 Å². The lowest BCUT2D eigenvalue weighted by Crippen LogP contribution is -2.33. The van der Waals surface area contributed by atoms with Crippen molar-refractivity contribution in [3.63, 3.8) is 0 Å². The fourth-order valence-electron chi connectivity index (χ4n) is 2.38. The van der Waals surface area contributed by atoms with Gasteiger partial charge in [-0.05, 0) is 36.4 Å². The molecular weight excluding hydrogens is 310 g/mol. The second-order valence-electron chi connectivity index (χ2n) is 4.72. The molecule has 1 heterocycles. The molecule has 0 saturated heterocycles. The van der Waals surface area contributed by atoms with Crippen molar-refractivity contribution in [2.24, 2.45) is 0 Å². The summed E-state index contributed by atoms with van der Waals surface area (Å²) in [6.07, 6.45) is 0.388. The van der Waals surface area contributed by atoms with E-state index in [-0.39, 0.29) is 5.78 Å². The highest BCUT2D eigenvalue weighted by Crippen LogP contribution is 2.30. The van der Waals surface area contributed by atoms with Crippen LogP contribution in [0.1, 0.15) is 30.6 Å². The van der Waals surface area contributed by atoms with Crippen LogP contribution in [0.4, 0.5) is 5.69 Å². The summed E-state index contributed by atoms with van der Waals surface area (Å²) >= 11 is 0. The molecule has 0 amide bonds. The number of anilines is 1. The van der Waals surface area contributed by atoms with Gasteiger partial charge in [0.15, 0.2) is 16.8 Å². The number of ketones is 1. The molecule has 23 heavy (non-hydrogen) atoms. The third-order valence-corrected chi connectivity index (χ3v) is 4.93. The number of hydrogen-bond donors (Lipinski definition) is 0. The SMILES string of the molecule is CC.COc1ccc(S(=O)N2CCC(=O)c3ccccc32)cc1. The van der Waals surface area contributed by atoms with Crippen molar-refractivity contribution in [1.29, 1.82) is 0 Å². The van der Waals surface area contributed by atoms with Crippen molar-refractivity contribution < 1.29 is 13.7 Å². The first-order valence-corrected chi connectivity index (χ1v) is 8.77. The van der Waals surface area contributed by atoms with Crippen LogP contribution in [-0.4, -0.2) is 23.6 Å². The molecule has 1 unspecified atom stereocenters. The Labute approximate surface area is 139 Å². The van der Waals surface area contributed by atoms with Gasteiger partial charge in [-0.1, -0.05) is 26.0 Å². The van der Waals surface area contributed by atoms with E-state index in [4.69, 9.17) is 4.74 Å². The summed E-state index contributed by atoms with van der Waals surface area (Å²) in [6.45, 7) is 4.47. The lowest BCUT2D eigenvalue weighted by Gasteiger charge is -2.29. The lowest BCUT2D eigenvalue weighted by molar-refractivity contribution is 0.0982. The number of carbonyl (C=O) groups excluding carboxylic acids is 1. The van der Waals surface area contributed by atoms with Gasteiger partial charge in [-0.2, -0.15) is 0 Å². The fraction of sp³-hybridized carbons (Fsp3) is 0.278. The molecule has 2 aromatic carbocycles. The van der Waals surface area contributed by atoms with E-state index in [1.807, 2.05) is 32.0 Å². The number of methoxy groups -OCH3 is 1. The highest BCUT2D eigenvalue weighted by atomic mass is 32.2. The van der Waals surface area contributed by atoms with Gasteiger partial charge in [0, 0.05) is 18.5 Å². The smallest absolute Gasteiger partial charge is 0.166 e. The maximum Gasteiger partial charge on any atom is 0.166 e. The van der Waals surface area contributed by atoms with Crippen LogP contribution in [0.3, 0.4) is 0 Å². The zero-order chi connectivity index (χ0) is 16.8. The second-order valence-corrected chi connectivity index (χ2v) is 6.13. The fourth-order valence-corrected chi connectivity index (χ4v) is 3.60. The van der Waals surface area contributed by atoms with Crippen LogP contribution in [0, 0.1) is 0 Å². The molecular formula is C18H21NO3S. The Morgan fingerprint density at radius 2 is 1.70 bits per heavy atom. The van der Waals surface area contributed by atoms with Gasteiger partial charge in [0.05, 0.1) is 17.7 Å².